The molecule has 0 aliphatic heterocycles. The maximum absolute atomic E-state index is 11.9. The predicted molar refractivity (Wildman–Crippen MR) is 74.2 cm³/mol. The zero-order chi connectivity index (χ0) is 13.2. The van der Waals surface area contributed by atoms with Crippen LogP contribution in [-0.4, -0.2) is 8.42 Å². The normalized spacial score (nSPS) is 11.6. The summed E-state index contributed by atoms with van der Waals surface area (Å²) in [7, 11) is -3.51. The van der Waals surface area contributed by atoms with Gasteiger partial charge in [-0.1, -0.05) is 23.7 Å². The Hall–Kier alpha value is -1.08. The van der Waals surface area contributed by atoms with Gasteiger partial charge >= 0.3 is 0 Å². The second kappa shape index (κ2) is 5.27. The smallest absolute Gasteiger partial charge is 0.250 e. The van der Waals surface area contributed by atoms with Gasteiger partial charge < -0.3 is 5.73 Å². The van der Waals surface area contributed by atoms with Crippen molar-refractivity contribution in [3.8, 4) is 0 Å². The van der Waals surface area contributed by atoms with Crippen molar-refractivity contribution in [2.45, 2.75) is 10.8 Å². The van der Waals surface area contributed by atoms with Crippen molar-refractivity contribution in [2.24, 2.45) is 0 Å². The number of hydrogen-bond acceptors (Lipinski definition) is 4. The molecule has 0 fully saturated rings. The van der Waals surface area contributed by atoms with Gasteiger partial charge in [0, 0.05) is 12.2 Å². The van der Waals surface area contributed by atoms with E-state index < -0.39 is 10.0 Å². The van der Waals surface area contributed by atoms with Gasteiger partial charge in [0.2, 0.25) is 10.0 Å². The van der Waals surface area contributed by atoms with E-state index in [4.69, 9.17) is 17.3 Å². The van der Waals surface area contributed by atoms with E-state index in [1.165, 1.54) is 6.07 Å². The van der Waals surface area contributed by atoms with Crippen molar-refractivity contribution in [3.63, 3.8) is 0 Å². The lowest BCUT2D eigenvalue weighted by atomic mass is 10.2. The summed E-state index contributed by atoms with van der Waals surface area (Å²) in [6, 6.07) is 10.1. The molecule has 0 saturated heterocycles. The van der Waals surface area contributed by atoms with Crippen molar-refractivity contribution >= 4 is 38.6 Å². The van der Waals surface area contributed by atoms with Crippen molar-refractivity contribution in [2.75, 3.05) is 5.73 Å². The molecule has 0 atom stereocenters. The van der Waals surface area contributed by atoms with Crippen LogP contribution in [0.5, 0.6) is 0 Å². The Labute approximate surface area is 114 Å². The molecule has 0 bridgehead atoms. The van der Waals surface area contributed by atoms with Crippen LogP contribution >= 0.6 is 22.9 Å². The lowest BCUT2D eigenvalue weighted by Crippen LogP contribution is -2.22. The SMILES string of the molecule is Nc1cccc(CNS(=O)(=O)c2ccc(Cl)s2)c1. The summed E-state index contributed by atoms with van der Waals surface area (Å²) in [5, 5.41) is 0. The van der Waals surface area contributed by atoms with Gasteiger partial charge in [-0.25, -0.2) is 13.1 Å². The molecular formula is C11H11ClN2O2S2. The summed E-state index contributed by atoms with van der Waals surface area (Å²) in [5.74, 6) is 0. The molecule has 1 aromatic carbocycles. The first-order valence-electron chi connectivity index (χ1n) is 5.07. The van der Waals surface area contributed by atoms with Crippen LogP contribution in [0.1, 0.15) is 5.56 Å². The second-order valence-electron chi connectivity index (χ2n) is 3.63. The van der Waals surface area contributed by atoms with E-state index >= 15 is 0 Å². The minimum absolute atomic E-state index is 0.197. The van der Waals surface area contributed by atoms with Crippen LogP contribution in [0.25, 0.3) is 0 Å². The van der Waals surface area contributed by atoms with Crippen LogP contribution in [-0.2, 0) is 16.6 Å². The van der Waals surface area contributed by atoms with Crippen molar-refractivity contribution in [1.29, 1.82) is 0 Å². The van der Waals surface area contributed by atoms with Gasteiger partial charge in [0.1, 0.15) is 4.21 Å². The number of nitrogen functional groups attached to an aromatic ring is 1. The fourth-order valence-electron chi connectivity index (χ4n) is 1.39. The van der Waals surface area contributed by atoms with E-state index in [0.717, 1.165) is 16.9 Å². The fourth-order valence-corrected chi connectivity index (χ4v) is 3.94. The molecule has 2 aromatic rings. The lowest BCUT2D eigenvalue weighted by molar-refractivity contribution is 0.583. The molecular weight excluding hydrogens is 292 g/mol. The first kappa shape index (κ1) is 13.4. The number of nitrogens with two attached hydrogens (primary N) is 1. The summed E-state index contributed by atoms with van der Waals surface area (Å²) in [4.78, 5) is 0. The fraction of sp³-hybridized carbons (Fsp3) is 0.0909. The highest BCUT2D eigenvalue weighted by Crippen LogP contribution is 2.25. The van der Waals surface area contributed by atoms with E-state index in [-0.39, 0.29) is 10.8 Å². The van der Waals surface area contributed by atoms with Gasteiger partial charge in [0.15, 0.2) is 0 Å². The molecule has 3 N–H and O–H groups in total. The van der Waals surface area contributed by atoms with E-state index in [2.05, 4.69) is 4.72 Å². The van der Waals surface area contributed by atoms with Gasteiger partial charge in [-0.2, -0.15) is 0 Å². The number of nitrogens with one attached hydrogen (secondary N) is 1. The number of halogens is 1. The lowest BCUT2D eigenvalue weighted by Gasteiger charge is -2.05. The van der Waals surface area contributed by atoms with Crippen molar-refractivity contribution in [1.82, 2.24) is 4.72 Å². The number of benzene rings is 1. The summed E-state index contributed by atoms with van der Waals surface area (Å²) in [6.07, 6.45) is 0. The van der Waals surface area contributed by atoms with Gasteiger partial charge in [-0.05, 0) is 29.8 Å². The maximum Gasteiger partial charge on any atom is 0.250 e. The first-order chi connectivity index (χ1) is 8.47. The Balaban J connectivity index is 2.10. The number of rotatable bonds is 4. The molecule has 4 nitrogen and oxygen atoms in total. The molecule has 0 aliphatic carbocycles. The van der Waals surface area contributed by atoms with Crippen molar-refractivity contribution in [3.05, 3.63) is 46.3 Å². The van der Waals surface area contributed by atoms with Crippen LogP contribution in [0.3, 0.4) is 0 Å². The van der Waals surface area contributed by atoms with Crippen LogP contribution in [0.4, 0.5) is 5.69 Å². The summed E-state index contributed by atoms with van der Waals surface area (Å²) < 4.78 is 27.0. The number of anilines is 1. The minimum Gasteiger partial charge on any atom is -0.399 e. The molecule has 2 rings (SSSR count). The van der Waals surface area contributed by atoms with Crippen LogP contribution < -0.4 is 10.5 Å². The number of thiophene rings is 1. The van der Waals surface area contributed by atoms with Gasteiger partial charge in [0.25, 0.3) is 0 Å². The maximum atomic E-state index is 11.9. The molecule has 96 valence electrons. The quantitative estimate of drug-likeness (QED) is 0.852. The molecule has 1 heterocycles. The Kier molecular flexibility index (Phi) is 3.91. The summed E-state index contributed by atoms with van der Waals surface area (Å²) in [6.45, 7) is 0.197. The third-order valence-electron chi connectivity index (χ3n) is 2.23. The molecule has 0 radical (unpaired) electrons. The van der Waals surface area contributed by atoms with Crippen LogP contribution in [0.2, 0.25) is 4.34 Å². The highest BCUT2D eigenvalue weighted by molar-refractivity contribution is 7.91. The molecule has 0 unspecified atom stereocenters. The molecule has 0 amide bonds. The largest absolute Gasteiger partial charge is 0.399 e. The number of sulfonamides is 1. The Morgan fingerprint density at radius 2 is 2.06 bits per heavy atom. The molecule has 7 heteroatoms. The minimum atomic E-state index is -3.51. The second-order valence-corrected chi connectivity index (χ2v) is 7.34. The average molecular weight is 303 g/mol. The van der Waals surface area contributed by atoms with Crippen LogP contribution in [0, 0.1) is 0 Å². The third-order valence-corrected chi connectivity index (χ3v) is 5.35. The van der Waals surface area contributed by atoms with Gasteiger partial charge in [-0.3, -0.25) is 0 Å². The van der Waals surface area contributed by atoms with Crippen molar-refractivity contribution < 1.29 is 8.42 Å². The van der Waals surface area contributed by atoms with Crippen LogP contribution in [0.15, 0.2) is 40.6 Å². The zero-order valence-electron chi connectivity index (χ0n) is 9.26. The summed E-state index contributed by atoms with van der Waals surface area (Å²) in [5.41, 5.74) is 7.03. The van der Waals surface area contributed by atoms with E-state index in [1.807, 2.05) is 0 Å². The third kappa shape index (κ3) is 3.23. The zero-order valence-corrected chi connectivity index (χ0v) is 11.6. The molecule has 0 spiro atoms. The van der Waals surface area contributed by atoms with Gasteiger partial charge in [-0.15, -0.1) is 11.3 Å². The van der Waals surface area contributed by atoms with E-state index in [0.29, 0.717) is 10.0 Å². The molecule has 0 saturated carbocycles. The Morgan fingerprint density at radius 3 is 2.67 bits per heavy atom. The highest BCUT2D eigenvalue weighted by atomic mass is 35.5. The standard InChI is InChI=1S/C11H11ClN2O2S2/c12-10-4-5-11(17-10)18(15,16)14-7-8-2-1-3-9(13)6-8/h1-6,14H,7,13H2. The highest BCUT2D eigenvalue weighted by Gasteiger charge is 2.15. The summed E-state index contributed by atoms with van der Waals surface area (Å²) >= 11 is 6.74. The average Bonchev–Trinajstić information content (AvgIpc) is 2.74. The Morgan fingerprint density at radius 1 is 1.28 bits per heavy atom. The monoisotopic (exact) mass is 302 g/mol. The predicted octanol–water partition coefficient (Wildman–Crippen LogP) is 2.46. The Bertz CT molecular complexity index is 653. The molecule has 1 aromatic heterocycles. The van der Waals surface area contributed by atoms with E-state index in [1.54, 1.807) is 30.3 Å². The molecule has 18 heavy (non-hydrogen) atoms. The number of hydrogen-bond donors (Lipinski definition) is 2. The van der Waals surface area contributed by atoms with E-state index in [9.17, 15) is 8.42 Å². The van der Waals surface area contributed by atoms with Gasteiger partial charge in [0.05, 0.1) is 4.34 Å². The molecule has 0 aliphatic rings. The topological polar surface area (TPSA) is 72.2 Å². The first-order valence-corrected chi connectivity index (χ1v) is 7.74.